The van der Waals surface area contributed by atoms with E-state index in [1.807, 2.05) is 36.3 Å². The Morgan fingerprint density at radius 1 is 0.486 bits per heavy atom. The lowest BCUT2D eigenvalue weighted by atomic mass is 10.1. The largest absolute Gasteiger partial charge is 0.288 e. The number of hydrogen-bond acceptors (Lipinski definition) is 3. The minimum atomic E-state index is 0.220. The van der Waals surface area contributed by atoms with Crippen LogP contribution in [0.3, 0.4) is 0 Å². The average molecular weight is 477 g/mol. The molecule has 0 saturated heterocycles. The molecule has 0 bridgehead atoms. The molecular formula is C32H32N2S. The molecule has 0 aliphatic rings. The smallest absolute Gasteiger partial charge is 0.0630 e. The van der Waals surface area contributed by atoms with Gasteiger partial charge in [-0.25, -0.2) is 0 Å². The maximum Gasteiger partial charge on any atom is 0.0630 e. The van der Waals surface area contributed by atoms with Crippen molar-refractivity contribution in [2.75, 3.05) is 11.5 Å². The molecule has 0 N–H and O–H groups in total. The highest BCUT2D eigenvalue weighted by atomic mass is 32.2. The van der Waals surface area contributed by atoms with Gasteiger partial charge in [0.15, 0.2) is 0 Å². The number of hydrogen-bond donors (Lipinski definition) is 0. The fraction of sp³-hybridized carbons (Fsp3) is 0.188. The second kappa shape index (κ2) is 14.1. The third kappa shape index (κ3) is 9.03. The van der Waals surface area contributed by atoms with Crippen molar-refractivity contribution in [3.63, 3.8) is 0 Å². The summed E-state index contributed by atoms with van der Waals surface area (Å²) in [4.78, 5) is 9.96. The number of nitrogens with zero attached hydrogens (tertiary/aromatic N) is 2. The molecule has 0 unspecified atom stereocenters. The van der Waals surface area contributed by atoms with Gasteiger partial charge in [0.2, 0.25) is 0 Å². The van der Waals surface area contributed by atoms with Gasteiger partial charge >= 0.3 is 0 Å². The summed E-state index contributed by atoms with van der Waals surface area (Å²) in [6, 6.07) is 42.5. The minimum absolute atomic E-state index is 0.220. The maximum atomic E-state index is 4.98. The summed E-state index contributed by atoms with van der Waals surface area (Å²) in [6.45, 7) is 0. The van der Waals surface area contributed by atoms with Gasteiger partial charge in [0.25, 0.3) is 0 Å². The Bertz CT molecular complexity index is 1060. The first-order valence-corrected chi connectivity index (χ1v) is 13.3. The molecule has 0 amide bonds. The van der Waals surface area contributed by atoms with Crippen LogP contribution in [0, 0.1) is 0 Å². The zero-order valence-electron chi connectivity index (χ0n) is 20.0. The topological polar surface area (TPSA) is 24.7 Å². The van der Waals surface area contributed by atoms with E-state index in [-0.39, 0.29) is 12.1 Å². The molecule has 0 aromatic heterocycles. The summed E-state index contributed by atoms with van der Waals surface area (Å²) in [5.74, 6) is 1.93. The molecule has 0 radical (unpaired) electrons. The van der Waals surface area contributed by atoms with Gasteiger partial charge in [0.05, 0.1) is 12.1 Å². The molecule has 3 heteroatoms. The van der Waals surface area contributed by atoms with Crippen molar-refractivity contribution < 1.29 is 0 Å². The first kappa shape index (κ1) is 24.7. The summed E-state index contributed by atoms with van der Waals surface area (Å²) in [5, 5.41) is 0. The van der Waals surface area contributed by atoms with Crippen LogP contribution in [-0.2, 0) is 12.8 Å². The summed E-state index contributed by atoms with van der Waals surface area (Å²) in [5.41, 5.74) is 4.94. The Kier molecular flexibility index (Phi) is 9.93. The van der Waals surface area contributed by atoms with Crippen LogP contribution in [0.25, 0.3) is 0 Å². The van der Waals surface area contributed by atoms with Crippen molar-refractivity contribution in [2.24, 2.45) is 9.98 Å². The van der Waals surface area contributed by atoms with Crippen molar-refractivity contribution in [3.8, 4) is 0 Å². The predicted molar refractivity (Wildman–Crippen MR) is 153 cm³/mol. The lowest BCUT2D eigenvalue weighted by molar-refractivity contribution is 0.739. The fourth-order valence-corrected chi connectivity index (χ4v) is 4.97. The fourth-order valence-electron chi connectivity index (χ4n) is 3.88. The summed E-state index contributed by atoms with van der Waals surface area (Å²) >= 11 is 1.95. The quantitative estimate of drug-likeness (QED) is 0.199. The van der Waals surface area contributed by atoms with Crippen LogP contribution in [0.15, 0.2) is 131 Å². The monoisotopic (exact) mass is 476 g/mol. The zero-order valence-corrected chi connectivity index (χ0v) is 20.8. The van der Waals surface area contributed by atoms with E-state index in [4.69, 9.17) is 9.98 Å². The van der Waals surface area contributed by atoms with E-state index in [0.29, 0.717) is 0 Å². The van der Waals surface area contributed by atoms with Gasteiger partial charge in [-0.05, 0) is 35.1 Å². The lowest BCUT2D eigenvalue weighted by Gasteiger charge is -2.16. The van der Waals surface area contributed by atoms with Crippen LogP contribution in [0.2, 0.25) is 0 Å². The molecule has 0 fully saturated rings. The molecule has 2 atom stereocenters. The number of benzene rings is 4. The minimum Gasteiger partial charge on any atom is -0.288 e. The third-order valence-electron chi connectivity index (χ3n) is 5.72. The lowest BCUT2D eigenvalue weighted by Crippen LogP contribution is -2.17. The van der Waals surface area contributed by atoms with Crippen molar-refractivity contribution in [1.29, 1.82) is 0 Å². The first-order chi connectivity index (χ1) is 17.3. The Hall–Kier alpha value is -3.43. The molecule has 0 saturated carbocycles. The van der Waals surface area contributed by atoms with Crippen LogP contribution >= 0.6 is 11.8 Å². The molecule has 176 valence electrons. The van der Waals surface area contributed by atoms with Crippen LogP contribution in [0.4, 0.5) is 0 Å². The maximum absolute atomic E-state index is 4.98. The second-order valence-electron chi connectivity index (χ2n) is 8.60. The van der Waals surface area contributed by atoms with E-state index >= 15 is 0 Å². The molecule has 0 heterocycles. The van der Waals surface area contributed by atoms with Crippen molar-refractivity contribution >= 4 is 24.2 Å². The molecule has 35 heavy (non-hydrogen) atoms. The normalized spacial score (nSPS) is 13.3. The van der Waals surface area contributed by atoms with Crippen LogP contribution in [0.5, 0.6) is 0 Å². The van der Waals surface area contributed by atoms with Crippen molar-refractivity contribution in [2.45, 2.75) is 24.9 Å². The summed E-state index contributed by atoms with van der Waals surface area (Å²) in [7, 11) is 0. The molecular weight excluding hydrogens is 444 g/mol. The average Bonchev–Trinajstić information content (AvgIpc) is 2.92. The van der Waals surface area contributed by atoms with E-state index in [9.17, 15) is 0 Å². The van der Waals surface area contributed by atoms with E-state index in [1.54, 1.807) is 0 Å². The highest BCUT2D eigenvalue weighted by Crippen LogP contribution is 2.17. The second-order valence-corrected chi connectivity index (χ2v) is 9.68. The Labute approximate surface area is 213 Å². The standard InChI is InChI=1S/C32H32N2S/c1-5-13-27(14-6-1)21-31(33-23-29-17-9-3-10-18-29)25-35-26-32(22-28-15-7-2-8-16-28)34-24-30-19-11-4-12-20-30/h1-20,23-24,31-32H,21-22,25-26H2/t31-,32-/m0/s1. The van der Waals surface area contributed by atoms with E-state index < -0.39 is 0 Å². The molecule has 2 nitrogen and oxygen atoms in total. The van der Waals surface area contributed by atoms with E-state index in [1.165, 1.54) is 11.1 Å². The Balaban J connectivity index is 1.42. The van der Waals surface area contributed by atoms with Gasteiger partial charge in [-0.3, -0.25) is 9.98 Å². The van der Waals surface area contributed by atoms with E-state index in [0.717, 1.165) is 35.5 Å². The van der Waals surface area contributed by atoms with Crippen molar-refractivity contribution in [3.05, 3.63) is 144 Å². The number of thioether (sulfide) groups is 1. The van der Waals surface area contributed by atoms with Gasteiger partial charge in [-0.2, -0.15) is 11.8 Å². The Morgan fingerprint density at radius 3 is 1.20 bits per heavy atom. The number of aliphatic imine (C=N–C) groups is 2. The predicted octanol–water partition coefficient (Wildman–Crippen LogP) is 7.18. The molecule has 0 aliphatic carbocycles. The first-order valence-electron chi connectivity index (χ1n) is 12.2. The van der Waals surface area contributed by atoms with E-state index in [2.05, 4.69) is 109 Å². The summed E-state index contributed by atoms with van der Waals surface area (Å²) in [6.07, 6.45) is 5.91. The molecule has 0 spiro atoms. The molecule has 0 aliphatic heterocycles. The Morgan fingerprint density at radius 2 is 0.829 bits per heavy atom. The molecule has 4 aromatic rings. The van der Waals surface area contributed by atoms with Crippen molar-refractivity contribution in [1.82, 2.24) is 0 Å². The number of rotatable bonds is 12. The third-order valence-corrected chi connectivity index (χ3v) is 6.96. The van der Waals surface area contributed by atoms with Crippen LogP contribution in [-0.4, -0.2) is 36.0 Å². The summed E-state index contributed by atoms with van der Waals surface area (Å²) < 4.78 is 0. The van der Waals surface area contributed by atoms with Gasteiger partial charge < -0.3 is 0 Å². The molecule has 4 aromatic carbocycles. The van der Waals surface area contributed by atoms with Gasteiger partial charge in [0, 0.05) is 23.9 Å². The van der Waals surface area contributed by atoms with Crippen LogP contribution in [0.1, 0.15) is 22.3 Å². The highest BCUT2D eigenvalue weighted by Gasteiger charge is 2.12. The highest BCUT2D eigenvalue weighted by molar-refractivity contribution is 7.99. The van der Waals surface area contributed by atoms with Gasteiger partial charge in [0.1, 0.15) is 0 Å². The SMILES string of the molecule is C(=N[C@H](CSC[C@H](Cc1ccccc1)N=Cc1ccccc1)Cc1ccccc1)c1ccccc1. The van der Waals surface area contributed by atoms with Gasteiger partial charge in [-0.15, -0.1) is 0 Å². The van der Waals surface area contributed by atoms with Crippen LogP contribution < -0.4 is 0 Å². The van der Waals surface area contributed by atoms with Gasteiger partial charge in [-0.1, -0.05) is 121 Å². The molecule has 4 rings (SSSR count). The zero-order chi connectivity index (χ0) is 24.0.